The van der Waals surface area contributed by atoms with E-state index in [1.165, 1.54) is 68.3 Å². The molecule has 1 saturated carbocycles. The van der Waals surface area contributed by atoms with E-state index in [9.17, 15) is 0 Å². The summed E-state index contributed by atoms with van der Waals surface area (Å²) in [5.41, 5.74) is 4.19. The average Bonchev–Trinajstić information content (AvgIpc) is 3.32. The fraction of sp³-hybridized carbons (Fsp3) is 0.556. The van der Waals surface area contributed by atoms with Gasteiger partial charge >= 0.3 is 0 Å². The molecule has 33 heavy (non-hydrogen) atoms. The molecule has 1 saturated heterocycles. The van der Waals surface area contributed by atoms with Gasteiger partial charge in [0.2, 0.25) is 0 Å². The highest BCUT2D eigenvalue weighted by atomic mass is 35.5. The minimum Gasteiger partial charge on any atom is -0.492 e. The number of hydrogen-bond acceptors (Lipinski definition) is 4. The van der Waals surface area contributed by atoms with Gasteiger partial charge in [-0.2, -0.15) is 0 Å². The Morgan fingerprint density at radius 1 is 0.970 bits per heavy atom. The smallest absolute Gasteiger partial charge is 0.119 e. The Labute approximate surface area is 212 Å². The number of nitrogens with zero attached hydrogens (tertiary/aromatic N) is 1. The molecule has 2 unspecified atom stereocenters. The Balaban J connectivity index is 1.31. The molecule has 0 bridgehead atoms. The topological polar surface area (TPSA) is 24.5 Å². The first-order valence-corrected chi connectivity index (χ1v) is 14.1. The molecule has 2 atom stereocenters. The first-order chi connectivity index (χ1) is 16.2. The van der Waals surface area contributed by atoms with Crippen molar-refractivity contribution in [2.45, 2.75) is 68.6 Å². The van der Waals surface area contributed by atoms with Gasteiger partial charge in [-0.25, -0.2) is 0 Å². The molecule has 178 valence electrons. The van der Waals surface area contributed by atoms with Gasteiger partial charge in [-0.15, -0.1) is 0 Å². The quantitative estimate of drug-likeness (QED) is 0.296. The maximum atomic E-state index is 6.37. The zero-order chi connectivity index (χ0) is 22.6. The normalized spacial score (nSPS) is 23.3. The van der Waals surface area contributed by atoms with Crippen LogP contribution in [0.5, 0.6) is 5.75 Å². The maximum Gasteiger partial charge on any atom is 0.119 e. The minimum absolute atomic E-state index is 0.444. The van der Waals surface area contributed by atoms with Crippen LogP contribution in [0.2, 0.25) is 10.0 Å². The highest BCUT2D eigenvalue weighted by Gasteiger charge is 2.35. The van der Waals surface area contributed by atoms with E-state index in [1.807, 2.05) is 24.1 Å². The van der Waals surface area contributed by atoms with Crippen LogP contribution in [0.3, 0.4) is 0 Å². The lowest BCUT2D eigenvalue weighted by atomic mass is 9.75. The van der Waals surface area contributed by atoms with Gasteiger partial charge in [0.05, 0.1) is 10.0 Å². The number of benzene rings is 2. The van der Waals surface area contributed by atoms with Crippen LogP contribution in [0.4, 0.5) is 0 Å². The number of ether oxygens (including phenoxy) is 1. The molecule has 1 aliphatic heterocycles. The van der Waals surface area contributed by atoms with Gasteiger partial charge in [-0.1, -0.05) is 53.7 Å². The molecular weight excluding hydrogens is 471 g/mol. The summed E-state index contributed by atoms with van der Waals surface area (Å²) in [5.74, 6) is 1.44. The van der Waals surface area contributed by atoms with Gasteiger partial charge in [0.15, 0.2) is 0 Å². The van der Waals surface area contributed by atoms with Crippen LogP contribution in [-0.2, 0) is 12.8 Å². The second-order valence-corrected chi connectivity index (χ2v) is 11.7. The van der Waals surface area contributed by atoms with Crippen molar-refractivity contribution in [2.24, 2.45) is 0 Å². The lowest BCUT2D eigenvalue weighted by molar-refractivity contribution is 0.188. The van der Waals surface area contributed by atoms with E-state index < -0.39 is 0 Å². The second-order valence-electron chi connectivity index (χ2n) is 9.68. The molecular formula is C27H34Cl2N2OS. The molecule has 2 fully saturated rings. The Kier molecular flexibility index (Phi) is 8.10. The van der Waals surface area contributed by atoms with Crippen LogP contribution in [0.15, 0.2) is 36.4 Å². The predicted octanol–water partition coefficient (Wildman–Crippen LogP) is 6.90. The second kappa shape index (κ2) is 11.2. The van der Waals surface area contributed by atoms with Crippen LogP contribution in [0.25, 0.3) is 0 Å². The standard InChI is InChI=1S/C27H34Cl2N2OS/c28-25-10-6-19(17-26(25)29)16-24-23-18-21(32-15-12-30-33-22-4-3-5-22)9-7-20(23)8-11-27(24)31-13-1-2-14-31/h6-7,9-10,17-18,22,24,27,30H,1-5,8,11-16H2. The van der Waals surface area contributed by atoms with Crippen molar-refractivity contribution in [1.82, 2.24) is 9.62 Å². The van der Waals surface area contributed by atoms with Crippen molar-refractivity contribution in [1.29, 1.82) is 0 Å². The fourth-order valence-corrected chi connectivity index (χ4v) is 6.83. The Bertz CT molecular complexity index is 946. The van der Waals surface area contributed by atoms with Gasteiger partial charge in [0.1, 0.15) is 12.4 Å². The summed E-state index contributed by atoms with van der Waals surface area (Å²) in [6.45, 7) is 4.02. The summed E-state index contributed by atoms with van der Waals surface area (Å²) >= 11 is 14.4. The van der Waals surface area contributed by atoms with Crippen molar-refractivity contribution in [2.75, 3.05) is 26.2 Å². The summed E-state index contributed by atoms with van der Waals surface area (Å²) in [6.07, 6.45) is 10.1. The van der Waals surface area contributed by atoms with Gasteiger partial charge in [-0.05, 0) is 99.0 Å². The van der Waals surface area contributed by atoms with Crippen LogP contribution < -0.4 is 9.46 Å². The molecule has 2 aromatic rings. The van der Waals surface area contributed by atoms with E-state index >= 15 is 0 Å². The van der Waals surface area contributed by atoms with Crippen molar-refractivity contribution >= 4 is 35.1 Å². The van der Waals surface area contributed by atoms with Crippen molar-refractivity contribution in [3.05, 3.63) is 63.1 Å². The summed E-state index contributed by atoms with van der Waals surface area (Å²) in [5, 5.41) is 2.07. The van der Waals surface area contributed by atoms with Gasteiger partial charge in [-0.3, -0.25) is 9.62 Å². The molecule has 5 rings (SSSR count). The number of rotatable bonds is 9. The third-order valence-corrected chi connectivity index (χ3v) is 9.43. The van der Waals surface area contributed by atoms with E-state index in [2.05, 4.69) is 33.9 Å². The molecule has 1 heterocycles. The molecule has 2 aromatic carbocycles. The first-order valence-electron chi connectivity index (χ1n) is 12.5. The Morgan fingerprint density at radius 3 is 2.58 bits per heavy atom. The molecule has 6 heteroatoms. The van der Waals surface area contributed by atoms with Gasteiger partial charge < -0.3 is 4.74 Å². The number of nitrogens with one attached hydrogen (secondary N) is 1. The zero-order valence-electron chi connectivity index (χ0n) is 19.2. The van der Waals surface area contributed by atoms with E-state index in [-0.39, 0.29) is 0 Å². The zero-order valence-corrected chi connectivity index (χ0v) is 21.5. The Morgan fingerprint density at radius 2 is 1.82 bits per heavy atom. The highest BCUT2D eigenvalue weighted by molar-refractivity contribution is 7.98. The third kappa shape index (κ3) is 5.85. The average molecular weight is 506 g/mol. The van der Waals surface area contributed by atoms with E-state index in [0.29, 0.717) is 28.6 Å². The molecule has 0 aromatic heterocycles. The van der Waals surface area contributed by atoms with Gasteiger partial charge in [0, 0.05) is 23.8 Å². The van der Waals surface area contributed by atoms with Crippen LogP contribution in [0, 0.1) is 0 Å². The molecule has 2 aliphatic carbocycles. The monoisotopic (exact) mass is 504 g/mol. The van der Waals surface area contributed by atoms with E-state index in [4.69, 9.17) is 27.9 Å². The molecule has 0 spiro atoms. The number of hydrogen-bond donors (Lipinski definition) is 1. The molecule has 0 radical (unpaired) electrons. The lowest BCUT2D eigenvalue weighted by Crippen LogP contribution is -2.41. The first kappa shape index (κ1) is 23.8. The summed E-state index contributed by atoms with van der Waals surface area (Å²) in [4.78, 5) is 2.72. The number of halogens is 2. The SMILES string of the molecule is Clc1ccc(CC2c3cc(OCCNSC4CCC4)ccc3CCC2N2CCCC2)cc1Cl. The Hall–Kier alpha value is -0.910. The molecule has 3 aliphatic rings. The van der Waals surface area contributed by atoms with Crippen molar-refractivity contribution in [3.63, 3.8) is 0 Å². The van der Waals surface area contributed by atoms with Crippen molar-refractivity contribution in [3.8, 4) is 5.75 Å². The van der Waals surface area contributed by atoms with Crippen molar-refractivity contribution < 1.29 is 4.74 Å². The molecule has 0 amide bonds. The van der Waals surface area contributed by atoms with Crippen LogP contribution in [-0.4, -0.2) is 42.4 Å². The third-order valence-electron chi connectivity index (χ3n) is 7.52. The lowest BCUT2D eigenvalue weighted by Gasteiger charge is -2.39. The maximum absolute atomic E-state index is 6.37. The van der Waals surface area contributed by atoms with Crippen LogP contribution >= 0.6 is 35.1 Å². The largest absolute Gasteiger partial charge is 0.492 e. The van der Waals surface area contributed by atoms with E-state index in [0.717, 1.165) is 30.4 Å². The fourth-order valence-electron chi connectivity index (χ4n) is 5.50. The van der Waals surface area contributed by atoms with Gasteiger partial charge in [0.25, 0.3) is 0 Å². The van der Waals surface area contributed by atoms with E-state index in [1.54, 1.807) is 0 Å². The molecule has 1 N–H and O–H groups in total. The van der Waals surface area contributed by atoms with Crippen LogP contribution in [0.1, 0.15) is 61.1 Å². The summed E-state index contributed by atoms with van der Waals surface area (Å²) < 4.78 is 9.65. The number of fused-ring (bicyclic) bond motifs is 1. The molecule has 3 nitrogen and oxygen atoms in total. The predicted molar refractivity (Wildman–Crippen MR) is 141 cm³/mol. The highest BCUT2D eigenvalue weighted by Crippen LogP contribution is 2.40. The summed E-state index contributed by atoms with van der Waals surface area (Å²) in [7, 11) is 0. The summed E-state index contributed by atoms with van der Waals surface area (Å²) in [6, 6.07) is 13.5. The minimum atomic E-state index is 0.444. The number of aryl methyl sites for hydroxylation is 1. The number of likely N-dealkylation sites (tertiary alicyclic amines) is 1.